The number of hydrogen-bond acceptors (Lipinski definition) is 6. The van der Waals surface area contributed by atoms with Gasteiger partial charge in [0, 0.05) is 36.0 Å². The Bertz CT molecular complexity index is 575. The topological polar surface area (TPSA) is 88.3 Å². The summed E-state index contributed by atoms with van der Waals surface area (Å²) in [5.41, 5.74) is 2.79. The van der Waals surface area contributed by atoms with Crippen LogP contribution in [-0.4, -0.2) is 41.3 Å². The Morgan fingerprint density at radius 1 is 1.45 bits per heavy atom. The molecule has 8 heteroatoms. The largest absolute Gasteiger partial charge is 0.323 e. The van der Waals surface area contributed by atoms with Crippen LogP contribution in [0, 0.1) is 0 Å². The average Bonchev–Trinajstić information content (AvgIpc) is 2.60. The highest BCUT2D eigenvalue weighted by Crippen LogP contribution is 2.33. The number of rotatable bonds is 3. The molecule has 112 valence electrons. The Morgan fingerprint density at radius 2 is 2.20 bits per heavy atom. The van der Waals surface area contributed by atoms with Crippen molar-refractivity contribution in [1.29, 1.82) is 0 Å². The molecular weight excluding hydrogens is 296 g/mol. The fourth-order valence-electron chi connectivity index (χ4n) is 2.09. The number of hydrazine groups is 1. The van der Waals surface area contributed by atoms with E-state index in [9.17, 15) is 8.42 Å². The number of hydrogen-bond donors (Lipinski definition) is 2. The molecule has 1 aromatic rings. The predicted octanol–water partition coefficient (Wildman–Crippen LogP) is 1.27. The van der Waals surface area contributed by atoms with E-state index in [-0.39, 0.29) is 9.64 Å². The van der Waals surface area contributed by atoms with Crippen molar-refractivity contribution in [2.75, 3.05) is 24.3 Å². The molecular formula is C12H20N4O2S2. The molecule has 0 bridgehead atoms. The first-order valence-electron chi connectivity index (χ1n) is 6.41. The molecule has 1 aliphatic rings. The van der Waals surface area contributed by atoms with Crippen LogP contribution in [0.1, 0.15) is 20.3 Å². The van der Waals surface area contributed by atoms with Gasteiger partial charge in [-0.25, -0.2) is 8.42 Å². The van der Waals surface area contributed by atoms with Gasteiger partial charge in [0.1, 0.15) is 4.90 Å². The van der Waals surface area contributed by atoms with E-state index < -0.39 is 10.0 Å². The van der Waals surface area contributed by atoms with E-state index in [2.05, 4.69) is 24.3 Å². The van der Waals surface area contributed by atoms with Crippen molar-refractivity contribution in [2.45, 2.75) is 29.9 Å². The fraction of sp³-hybridized carbons (Fsp3) is 0.583. The van der Waals surface area contributed by atoms with Gasteiger partial charge in [0.15, 0.2) is 0 Å². The van der Waals surface area contributed by atoms with Crippen molar-refractivity contribution in [3.8, 4) is 0 Å². The second kappa shape index (κ2) is 5.88. The van der Waals surface area contributed by atoms with Gasteiger partial charge < -0.3 is 5.43 Å². The third-order valence-corrected chi connectivity index (χ3v) is 6.65. The lowest BCUT2D eigenvalue weighted by Gasteiger charge is -2.23. The van der Waals surface area contributed by atoms with Gasteiger partial charge in [0.2, 0.25) is 10.0 Å². The van der Waals surface area contributed by atoms with E-state index in [1.807, 2.05) is 0 Å². The molecule has 0 amide bonds. The fourth-order valence-corrected chi connectivity index (χ4v) is 4.84. The van der Waals surface area contributed by atoms with E-state index in [0.29, 0.717) is 18.8 Å². The second-order valence-corrected chi connectivity index (χ2v) is 8.99. The summed E-state index contributed by atoms with van der Waals surface area (Å²) in [6, 6.07) is 1.56. The van der Waals surface area contributed by atoms with Crippen LogP contribution in [0.2, 0.25) is 0 Å². The molecule has 0 aromatic carbocycles. The van der Waals surface area contributed by atoms with Crippen LogP contribution in [0.15, 0.2) is 23.4 Å². The zero-order valence-electron chi connectivity index (χ0n) is 11.7. The normalized spacial score (nSPS) is 20.4. The zero-order valence-corrected chi connectivity index (χ0v) is 13.3. The number of thioether (sulfide) groups is 1. The third-order valence-electron chi connectivity index (χ3n) is 3.35. The summed E-state index contributed by atoms with van der Waals surface area (Å²) in [5, 5.41) is 0. The first-order chi connectivity index (χ1) is 9.37. The van der Waals surface area contributed by atoms with Crippen molar-refractivity contribution in [1.82, 2.24) is 9.29 Å². The second-order valence-electron chi connectivity index (χ2n) is 5.28. The third kappa shape index (κ3) is 3.25. The minimum absolute atomic E-state index is 0.105. The molecule has 0 saturated carbocycles. The number of nitrogen functional groups attached to an aromatic ring is 1. The van der Waals surface area contributed by atoms with Crippen LogP contribution >= 0.6 is 11.8 Å². The van der Waals surface area contributed by atoms with Crippen LogP contribution in [0.3, 0.4) is 0 Å². The van der Waals surface area contributed by atoms with Crippen molar-refractivity contribution in [3.05, 3.63) is 18.5 Å². The number of sulfonamides is 1. The monoisotopic (exact) mass is 316 g/mol. The molecule has 2 rings (SSSR count). The molecule has 0 unspecified atom stereocenters. The smallest absolute Gasteiger partial charge is 0.246 e. The average molecular weight is 316 g/mol. The van der Waals surface area contributed by atoms with Crippen LogP contribution in [0.4, 0.5) is 5.69 Å². The SMILES string of the molecule is CC1(C)CCN(S(=O)(=O)c2cnccc2NN)CCS1. The maximum Gasteiger partial charge on any atom is 0.246 e. The van der Waals surface area contributed by atoms with Gasteiger partial charge >= 0.3 is 0 Å². The summed E-state index contributed by atoms with van der Waals surface area (Å²) in [5.74, 6) is 6.18. The summed E-state index contributed by atoms with van der Waals surface area (Å²) in [6.07, 6.45) is 3.67. The molecule has 1 saturated heterocycles. The minimum atomic E-state index is -3.56. The Kier molecular flexibility index (Phi) is 4.58. The number of nitrogens with one attached hydrogen (secondary N) is 1. The Hall–Kier alpha value is -0.830. The van der Waals surface area contributed by atoms with E-state index in [1.165, 1.54) is 16.7 Å². The highest BCUT2D eigenvalue weighted by molar-refractivity contribution is 8.00. The lowest BCUT2D eigenvalue weighted by Crippen LogP contribution is -2.34. The van der Waals surface area contributed by atoms with Crippen molar-refractivity contribution < 1.29 is 8.42 Å². The Labute approximate surface area is 124 Å². The summed E-state index contributed by atoms with van der Waals surface area (Å²) in [4.78, 5) is 4.03. The molecule has 20 heavy (non-hydrogen) atoms. The van der Waals surface area contributed by atoms with Gasteiger partial charge in [-0.3, -0.25) is 10.8 Å². The number of pyridine rings is 1. The first kappa shape index (κ1) is 15.6. The first-order valence-corrected chi connectivity index (χ1v) is 8.84. The van der Waals surface area contributed by atoms with Crippen LogP contribution in [0.25, 0.3) is 0 Å². The molecule has 1 aliphatic heterocycles. The maximum absolute atomic E-state index is 12.7. The summed E-state index contributed by atoms with van der Waals surface area (Å²) >= 11 is 1.80. The molecule has 6 nitrogen and oxygen atoms in total. The number of nitrogens with zero attached hydrogens (tertiary/aromatic N) is 2. The molecule has 0 aliphatic carbocycles. The zero-order chi connectivity index (χ0) is 14.8. The summed E-state index contributed by atoms with van der Waals surface area (Å²) in [7, 11) is -3.56. The Balaban J connectivity index is 2.30. The van der Waals surface area contributed by atoms with Gasteiger partial charge in [-0.05, 0) is 12.5 Å². The summed E-state index contributed by atoms with van der Waals surface area (Å²) < 4.78 is 27.0. The van der Waals surface area contributed by atoms with Crippen LogP contribution in [-0.2, 0) is 10.0 Å². The minimum Gasteiger partial charge on any atom is -0.323 e. The summed E-state index contributed by atoms with van der Waals surface area (Å²) in [6.45, 7) is 5.31. The van der Waals surface area contributed by atoms with E-state index in [0.717, 1.165) is 12.2 Å². The Morgan fingerprint density at radius 3 is 2.90 bits per heavy atom. The predicted molar refractivity (Wildman–Crippen MR) is 82.0 cm³/mol. The number of nitrogens with two attached hydrogens (primary N) is 1. The molecule has 0 radical (unpaired) electrons. The van der Waals surface area contributed by atoms with Gasteiger partial charge in [0.05, 0.1) is 5.69 Å². The highest BCUT2D eigenvalue weighted by Gasteiger charge is 2.32. The molecule has 1 fully saturated rings. The highest BCUT2D eigenvalue weighted by atomic mass is 32.2. The van der Waals surface area contributed by atoms with Gasteiger partial charge in [-0.1, -0.05) is 13.8 Å². The van der Waals surface area contributed by atoms with Crippen LogP contribution in [0.5, 0.6) is 0 Å². The number of aromatic nitrogens is 1. The van der Waals surface area contributed by atoms with Gasteiger partial charge in [0.25, 0.3) is 0 Å². The van der Waals surface area contributed by atoms with E-state index >= 15 is 0 Å². The van der Waals surface area contributed by atoms with E-state index in [1.54, 1.807) is 17.8 Å². The maximum atomic E-state index is 12.7. The van der Waals surface area contributed by atoms with Crippen molar-refractivity contribution in [3.63, 3.8) is 0 Å². The lowest BCUT2D eigenvalue weighted by molar-refractivity contribution is 0.415. The number of anilines is 1. The standard InChI is InChI=1S/C12H20N4O2S2/c1-12(2)4-6-16(7-8-19-12)20(17,18)11-9-14-5-3-10(11)15-13/h3,5,9H,4,6-8,13H2,1-2H3,(H,14,15). The van der Waals surface area contributed by atoms with E-state index in [4.69, 9.17) is 5.84 Å². The van der Waals surface area contributed by atoms with Crippen molar-refractivity contribution >= 4 is 27.5 Å². The van der Waals surface area contributed by atoms with Gasteiger partial charge in [-0.2, -0.15) is 16.1 Å². The molecule has 0 spiro atoms. The van der Waals surface area contributed by atoms with Crippen molar-refractivity contribution in [2.24, 2.45) is 5.84 Å². The molecule has 1 aromatic heterocycles. The molecule has 3 N–H and O–H groups in total. The molecule has 2 heterocycles. The van der Waals surface area contributed by atoms with Gasteiger partial charge in [-0.15, -0.1) is 0 Å². The lowest BCUT2D eigenvalue weighted by atomic mass is 10.1. The van der Waals surface area contributed by atoms with Crippen LogP contribution < -0.4 is 11.3 Å². The quantitative estimate of drug-likeness (QED) is 0.645. The molecule has 0 atom stereocenters.